The Morgan fingerprint density at radius 3 is 2.03 bits per heavy atom. The van der Waals surface area contributed by atoms with Crippen molar-refractivity contribution in [2.24, 2.45) is 0 Å². The van der Waals surface area contributed by atoms with Gasteiger partial charge in [-0.3, -0.25) is 9.59 Å². The van der Waals surface area contributed by atoms with Crippen molar-refractivity contribution in [3.63, 3.8) is 0 Å². The lowest BCUT2D eigenvalue weighted by atomic mass is 9.87. The van der Waals surface area contributed by atoms with Crippen LogP contribution in [0.15, 0.2) is 84.9 Å². The fourth-order valence-corrected chi connectivity index (χ4v) is 4.10. The van der Waals surface area contributed by atoms with Crippen LogP contribution >= 0.6 is 0 Å². The molecule has 0 saturated carbocycles. The van der Waals surface area contributed by atoms with Crippen LogP contribution in [0.2, 0.25) is 0 Å². The SMILES string of the molecule is CC(C)(C)c1ccc(C(=O)Nc2ccc(N3CCN(C(=O)/C=C/c4ccccc4)CC3)cc2)cc1. The predicted molar refractivity (Wildman–Crippen MR) is 144 cm³/mol. The zero-order valence-electron chi connectivity index (χ0n) is 20.7. The Morgan fingerprint density at radius 1 is 0.800 bits per heavy atom. The Kier molecular flexibility index (Phi) is 7.35. The van der Waals surface area contributed by atoms with E-state index < -0.39 is 0 Å². The maximum atomic E-state index is 12.6. The highest BCUT2D eigenvalue weighted by Crippen LogP contribution is 2.23. The summed E-state index contributed by atoms with van der Waals surface area (Å²) in [5.41, 5.74) is 4.77. The Balaban J connectivity index is 1.29. The molecule has 1 fully saturated rings. The van der Waals surface area contributed by atoms with Gasteiger partial charge in [-0.2, -0.15) is 0 Å². The van der Waals surface area contributed by atoms with Crippen molar-refractivity contribution < 1.29 is 9.59 Å². The quantitative estimate of drug-likeness (QED) is 0.497. The molecule has 0 aromatic heterocycles. The topological polar surface area (TPSA) is 52.7 Å². The molecule has 0 bridgehead atoms. The second-order valence-corrected chi connectivity index (χ2v) is 9.88. The zero-order chi connectivity index (χ0) is 24.8. The van der Waals surface area contributed by atoms with Crippen molar-refractivity contribution in [1.82, 2.24) is 4.90 Å². The van der Waals surface area contributed by atoms with Crippen LogP contribution in [0.25, 0.3) is 6.08 Å². The Morgan fingerprint density at radius 2 is 1.43 bits per heavy atom. The second-order valence-electron chi connectivity index (χ2n) is 9.88. The average Bonchev–Trinajstić information content (AvgIpc) is 2.88. The summed E-state index contributed by atoms with van der Waals surface area (Å²) in [4.78, 5) is 29.3. The van der Waals surface area contributed by atoms with E-state index >= 15 is 0 Å². The Labute approximate surface area is 208 Å². The number of benzene rings is 3. The van der Waals surface area contributed by atoms with Gasteiger partial charge in [0.25, 0.3) is 5.91 Å². The number of piperazine rings is 1. The number of nitrogens with one attached hydrogen (secondary N) is 1. The van der Waals surface area contributed by atoms with E-state index in [2.05, 4.69) is 31.0 Å². The van der Waals surface area contributed by atoms with Crippen molar-refractivity contribution in [3.8, 4) is 0 Å². The average molecular weight is 468 g/mol. The molecule has 1 heterocycles. The van der Waals surface area contributed by atoms with Crippen LogP contribution in [-0.4, -0.2) is 42.9 Å². The molecule has 180 valence electrons. The third-order valence-electron chi connectivity index (χ3n) is 6.31. The molecule has 4 rings (SSSR count). The van der Waals surface area contributed by atoms with E-state index in [-0.39, 0.29) is 17.2 Å². The zero-order valence-corrected chi connectivity index (χ0v) is 20.7. The van der Waals surface area contributed by atoms with Crippen molar-refractivity contribution >= 4 is 29.3 Å². The number of hydrogen-bond donors (Lipinski definition) is 1. The first-order chi connectivity index (χ1) is 16.8. The van der Waals surface area contributed by atoms with Crippen LogP contribution < -0.4 is 10.2 Å². The standard InChI is InChI=1S/C30H33N3O2/c1-30(2,3)25-12-10-24(11-13-25)29(35)31-26-14-16-27(17-15-26)32-19-21-33(22-20-32)28(34)18-9-23-7-5-4-6-8-23/h4-18H,19-22H2,1-3H3,(H,31,35)/b18-9+. The van der Waals surface area contributed by atoms with E-state index in [9.17, 15) is 9.59 Å². The van der Waals surface area contributed by atoms with E-state index in [1.165, 1.54) is 5.56 Å². The second kappa shape index (κ2) is 10.6. The molecule has 1 saturated heterocycles. The lowest BCUT2D eigenvalue weighted by Crippen LogP contribution is -2.48. The molecule has 0 atom stereocenters. The minimum absolute atomic E-state index is 0.0436. The maximum Gasteiger partial charge on any atom is 0.255 e. The van der Waals surface area contributed by atoms with Crippen molar-refractivity contribution in [2.75, 3.05) is 36.4 Å². The van der Waals surface area contributed by atoms with E-state index in [1.807, 2.05) is 89.8 Å². The van der Waals surface area contributed by atoms with E-state index in [0.29, 0.717) is 18.7 Å². The minimum atomic E-state index is -0.117. The summed E-state index contributed by atoms with van der Waals surface area (Å²) in [5.74, 6) is -0.0732. The molecule has 1 N–H and O–H groups in total. The van der Waals surface area contributed by atoms with Gasteiger partial charge in [0, 0.05) is 49.2 Å². The van der Waals surface area contributed by atoms with Crippen LogP contribution in [0.5, 0.6) is 0 Å². The first kappa shape index (κ1) is 24.3. The fraction of sp³-hybridized carbons (Fsp3) is 0.267. The first-order valence-electron chi connectivity index (χ1n) is 12.1. The Bertz CT molecular complexity index is 1170. The van der Waals surface area contributed by atoms with Crippen molar-refractivity contribution in [1.29, 1.82) is 0 Å². The van der Waals surface area contributed by atoms with E-state index in [4.69, 9.17) is 0 Å². The molecular weight excluding hydrogens is 434 g/mol. The third kappa shape index (κ3) is 6.38. The van der Waals surface area contributed by atoms with Gasteiger partial charge in [0.15, 0.2) is 0 Å². The van der Waals surface area contributed by atoms with Crippen LogP contribution in [0, 0.1) is 0 Å². The summed E-state index contributed by atoms with van der Waals surface area (Å²) in [6.45, 7) is 9.38. The minimum Gasteiger partial charge on any atom is -0.368 e. The van der Waals surface area contributed by atoms with Crippen molar-refractivity contribution in [2.45, 2.75) is 26.2 Å². The largest absolute Gasteiger partial charge is 0.368 e. The summed E-state index contributed by atoms with van der Waals surface area (Å²) in [6, 6.07) is 25.5. The van der Waals surface area contributed by atoms with Gasteiger partial charge in [0.05, 0.1) is 0 Å². The van der Waals surface area contributed by atoms with Gasteiger partial charge >= 0.3 is 0 Å². The molecule has 2 amide bonds. The first-order valence-corrected chi connectivity index (χ1v) is 12.1. The van der Waals surface area contributed by atoms with E-state index in [1.54, 1.807) is 6.08 Å². The molecule has 0 radical (unpaired) electrons. The van der Waals surface area contributed by atoms with Gasteiger partial charge in [-0.15, -0.1) is 0 Å². The molecule has 0 spiro atoms. The van der Waals surface area contributed by atoms with Crippen LogP contribution in [0.4, 0.5) is 11.4 Å². The van der Waals surface area contributed by atoms with Gasteiger partial charge in [-0.05, 0) is 59.0 Å². The highest BCUT2D eigenvalue weighted by Gasteiger charge is 2.20. The lowest BCUT2D eigenvalue weighted by Gasteiger charge is -2.35. The molecule has 3 aromatic rings. The predicted octanol–water partition coefficient (Wildman–Crippen LogP) is 5.60. The summed E-state index contributed by atoms with van der Waals surface area (Å²) < 4.78 is 0. The lowest BCUT2D eigenvalue weighted by molar-refractivity contribution is -0.126. The number of hydrogen-bond acceptors (Lipinski definition) is 3. The summed E-state index contributed by atoms with van der Waals surface area (Å²) >= 11 is 0. The van der Waals surface area contributed by atoms with Crippen molar-refractivity contribution in [3.05, 3.63) is 102 Å². The molecule has 1 aliphatic heterocycles. The number of anilines is 2. The highest BCUT2D eigenvalue weighted by atomic mass is 16.2. The van der Waals surface area contributed by atoms with Crippen LogP contribution in [-0.2, 0) is 10.2 Å². The summed E-state index contributed by atoms with van der Waals surface area (Å²) in [7, 11) is 0. The highest BCUT2D eigenvalue weighted by molar-refractivity contribution is 6.04. The maximum absolute atomic E-state index is 12.6. The molecule has 5 heteroatoms. The normalized spacial score (nSPS) is 14.3. The molecule has 35 heavy (non-hydrogen) atoms. The number of rotatable bonds is 5. The van der Waals surface area contributed by atoms with Gasteiger partial charge in [0.1, 0.15) is 0 Å². The third-order valence-corrected chi connectivity index (χ3v) is 6.31. The fourth-order valence-electron chi connectivity index (χ4n) is 4.10. The van der Waals surface area contributed by atoms with Gasteiger partial charge in [-0.1, -0.05) is 63.2 Å². The smallest absolute Gasteiger partial charge is 0.255 e. The number of carbonyl (C=O) groups excluding carboxylic acids is 2. The number of nitrogens with zero attached hydrogens (tertiary/aromatic N) is 2. The van der Waals surface area contributed by atoms with Gasteiger partial charge in [0.2, 0.25) is 5.91 Å². The van der Waals surface area contributed by atoms with E-state index in [0.717, 1.165) is 30.0 Å². The van der Waals surface area contributed by atoms with Gasteiger partial charge < -0.3 is 15.1 Å². The Hall–Kier alpha value is -3.86. The van der Waals surface area contributed by atoms with Crippen LogP contribution in [0.3, 0.4) is 0 Å². The van der Waals surface area contributed by atoms with Gasteiger partial charge in [-0.25, -0.2) is 0 Å². The number of amides is 2. The van der Waals surface area contributed by atoms with Crippen LogP contribution in [0.1, 0.15) is 42.3 Å². The molecule has 1 aliphatic rings. The monoisotopic (exact) mass is 467 g/mol. The molecule has 0 unspecified atom stereocenters. The number of carbonyl (C=O) groups is 2. The summed E-state index contributed by atoms with van der Waals surface area (Å²) in [5, 5.41) is 2.98. The molecular formula is C30H33N3O2. The summed E-state index contributed by atoms with van der Waals surface area (Å²) in [6.07, 6.45) is 3.51. The molecule has 0 aliphatic carbocycles. The molecule has 3 aromatic carbocycles. The molecule has 5 nitrogen and oxygen atoms in total.